The molecule has 0 saturated heterocycles. The van der Waals surface area contributed by atoms with Crippen molar-refractivity contribution in [2.24, 2.45) is 0 Å². The van der Waals surface area contributed by atoms with E-state index in [1.54, 1.807) is 12.1 Å². The van der Waals surface area contributed by atoms with Gasteiger partial charge < -0.3 is 10.4 Å². The number of hydrogen-bond acceptors (Lipinski definition) is 2. The maximum atomic E-state index is 10.3. The Labute approximate surface area is 111 Å². The van der Waals surface area contributed by atoms with E-state index < -0.39 is 5.97 Å². The molecule has 0 saturated carbocycles. The zero-order valence-corrected chi connectivity index (χ0v) is 11.1. The number of nitrogens with one attached hydrogen (secondary N) is 1. The summed E-state index contributed by atoms with van der Waals surface area (Å²) in [6.45, 7) is 2.61. The quantitative estimate of drug-likeness (QED) is 0.782. The van der Waals surface area contributed by atoms with Crippen LogP contribution in [-0.4, -0.2) is 17.6 Å². The van der Waals surface area contributed by atoms with Gasteiger partial charge in [-0.1, -0.05) is 23.2 Å². The molecule has 17 heavy (non-hydrogen) atoms. The van der Waals surface area contributed by atoms with Crippen molar-refractivity contribution in [1.82, 2.24) is 5.32 Å². The van der Waals surface area contributed by atoms with E-state index in [2.05, 4.69) is 5.32 Å². The Morgan fingerprint density at radius 3 is 2.82 bits per heavy atom. The second kappa shape index (κ2) is 6.84. The van der Waals surface area contributed by atoms with E-state index >= 15 is 0 Å². The van der Waals surface area contributed by atoms with Gasteiger partial charge in [-0.2, -0.15) is 0 Å². The topological polar surface area (TPSA) is 49.3 Å². The van der Waals surface area contributed by atoms with Crippen LogP contribution in [0.4, 0.5) is 0 Å². The van der Waals surface area contributed by atoms with Crippen molar-refractivity contribution in [2.75, 3.05) is 6.54 Å². The molecule has 2 N–H and O–H groups in total. The molecule has 1 aromatic carbocycles. The Hall–Kier alpha value is -0.770. The monoisotopic (exact) mass is 275 g/mol. The molecule has 1 rings (SSSR count). The summed E-state index contributed by atoms with van der Waals surface area (Å²) in [5.74, 6) is -0.778. The standard InChI is InChI=1S/C12H15Cl2NO2/c1-8(15-6-2-3-12(16)17)10-7-9(13)4-5-11(10)14/h4-5,7-8,15H,2-3,6H2,1H3,(H,16,17). The molecule has 0 radical (unpaired) electrons. The van der Waals surface area contributed by atoms with Gasteiger partial charge in [0, 0.05) is 22.5 Å². The SMILES string of the molecule is CC(NCCCC(=O)O)c1cc(Cl)ccc1Cl. The highest BCUT2D eigenvalue weighted by molar-refractivity contribution is 6.33. The normalized spacial score (nSPS) is 12.4. The minimum Gasteiger partial charge on any atom is -0.481 e. The third-order valence-electron chi connectivity index (χ3n) is 2.44. The van der Waals surface area contributed by atoms with Crippen molar-refractivity contribution in [3.8, 4) is 0 Å². The van der Waals surface area contributed by atoms with E-state index in [0.717, 1.165) is 5.56 Å². The van der Waals surface area contributed by atoms with E-state index in [1.807, 2.05) is 13.0 Å². The number of benzene rings is 1. The highest BCUT2D eigenvalue weighted by atomic mass is 35.5. The molecule has 0 aliphatic rings. The second-order valence-electron chi connectivity index (χ2n) is 3.84. The van der Waals surface area contributed by atoms with Gasteiger partial charge in [-0.3, -0.25) is 4.79 Å². The van der Waals surface area contributed by atoms with Gasteiger partial charge in [-0.05, 0) is 43.7 Å². The summed E-state index contributed by atoms with van der Waals surface area (Å²) in [5.41, 5.74) is 0.925. The lowest BCUT2D eigenvalue weighted by molar-refractivity contribution is -0.137. The fraction of sp³-hybridized carbons (Fsp3) is 0.417. The molecule has 3 nitrogen and oxygen atoms in total. The Balaban J connectivity index is 2.49. The molecule has 1 unspecified atom stereocenters. The average Bonchev–Trinajstić information content (AvgIpc) is 2.27. The number of carboxylic acids is 1. The average molecular weight is 276 g/mol. The van der Waals surface area contributed by atoms with Crippen LogP contribution in [0, 0.1) is 0 Å². The Morgan fingerprint density at radius 1 is 1.47 bits per heavy atom. The summed E-state index contributed by atoms with van der Waals surface area (Å²) in [7, 11) is 0. The number of rotatable bonds is 6. The van der Waals surface area contributed by atoms with Gasteiger partial charge >= 0.3 is 5.97 Å². The van der Waals surface area contributed by atoms with Crippen LogP contribution in [0.5, 0.6) is 0 Å². The van der Waals surface area contributed by atoms with Gasteiger partial charge in [0.2, 0.25) is 0 Å². The summed E-state index contributed by atoms with van der Waals surface area (Å²) in [6, 6.07) is 5.37. The Kier molecular flexibility index (Phi) is 5.75. The van der Waals surface area contributed by atoms with E-state index in [9.17, 15) is 4.79 Å². The van der Waals surface area contributed by atoms with Crippen molar-refractivity contribution in [2.45, 2.75) is 25.8 Å². The first kappa shape index (κ1) is 14.3. The van der Waals surface area contributed by atoms with Crippen molar-refractivity contribution in [3.63, 3.8) is 0 Å². The zero-order valence-electron chi connectivity index (χ0n) is 9.54. The van der Waals surface area contributed by atoms with Crippen LogP contribution in [0.25, 0.3) is 0 Å². The molecule has 1 atom stereocenters. The number of halogens is 2. The summed E-state index contributed by atoms with van der Waals surface area (Å²) >= 11 is 12.0. The summed E-state index contributed by atoms with van der Waals surface area (Å²) < 4.78 is 0. The molecule has 0 aliphatic carbocycles. The van der Waals surface area contributed by atoms with Crippen LogP contribution >= 0.6 is 23.2 Å². The first-order valence-electron chi connectivity index (χ1n) is 5.41. The summed E-state index contributed by atoms with van der Waals surface area (Å²) in [6.07, 6.45) is 0.765. The molecule has 0 amide bonds. The molecule has 0 spiro atoms. The van der Waals surface area contributed by atoms with Crippen LogP contribution in [0.1, 0.15) is 31.4 Å². The number of hydrogen-bond donors (Lipinski definition) is 2. The van der Waals surface area contributed by atoms with Crippen molar-refractivity contribution in [1.29, 1.82) is 0 Å². The third-order valence-corrected chi connectivity index (χ3v) is 3.02. The number of carbonyl (C=O) groups is 1. The minimum absolute atomic E-state index is 0.0509. The predicted molar refractivity (Wildman–Crippen MR) is 69.7 cm³/mol. The molecule has 5 heteroatoms. The van der Waals surface area contributed by atoms with E-state index in [4.69, 9.17) is 28.3 Å². The van der Waals surface area contributed by atoms with Gasteiger partial charge in [-0.15, -0.1) is 0 Å². The third kappa shape index (κ3) is 4.94. The minimum atomic E-state index is -0.778. The van der Waals surface area contributed by atoms with Crippen LogP contribution in [0.3, 0.4) is 0 Å². The van der Waals surface area contributed by atoms with Crippen molar-refractivity contribution < 1.29 is 9.90 Å². The number of carboxylic acid groups (broad SMARTS) is 1. The molecule has 94 valence electrons. The lowest BCUT2D eigenvalue weighted by atomic mass is 10.1. The van der Waals surface area contributed by atoms with Crippen LogP contribution in [-0.2, 0) is 4.79 Å². The van der Waals surface area contributed by atoms with E-state index in [-0.39, 0.29) is 12.5 Å². The molecular formula is C12H15Cl2NO2. The molecule has 0 fully saturated rings. The smallest absolute Gasteiger partial charge is 0.303 e. The zero-order chi connectivity index (χ0) is 12.8. The van der Waals surface area contributed by atoms with Crippen LogP contribution in [0.15, 0.2) is 18.2 Å². The molecule has 0 heterocycles. The molecule has 1 aromatic rings. The second-order valence-corrected chi connectivity index (χ2v) is 4.68. The lowest BCUT2D eigenvalue weighted by Crippen LogP contribution is -2.20. The van der Waals surface area contributed by atoms with Gasteiger partial charge in [0.25, 0.3) is 0 Å². The lowest BCUT2D eigenvalue weighted by Gasteiger charge is -2.15. The van der Waals surface area contributed by atoms with Crippen LogP contribution < -0.4 is 5.32 Å². The Morgan fingerprint density at radius 2 is 2.18 bits per heavy atom. The predicted octanol–water partition coefficient (Wildman–Crippen LogP) is 3.51. The van der Waals surface area contributed by atoms with Crippen molar-refractivity contribution >= 4 is 29.2 Å². The first-order valence-corrected chi connectivity index (χ1v) is 6.16. The highest BCUT2D eigenvalue weighted by Crippen LogP contribution is 2.26. The van der Waals surface area contributed by atoms with Gasteiger partial charge in [0.15, 0.2) is 0 Å². The Bertz CT molecular complexity index is 396. The van der Waals surface area contributed by atoms with Gasteiger partial charge in [0.05, 0.1) is 0 Å². The fourth-order valence-corrected chi connectivity index (χ4v) is 1.98. The molecule has 0 aromatic heterocycles. The van der Waals surface area contributed by atoms with Gasteiger partial charge in [0.1, 0.15) is 0 Å². The van der Waals surface area contributed by atoms with Gasteiger partial charge in [-0.25, -0.2) is 0 Å². The molecular weight excluding hydrogens is 261 g/mol. The van der Waals surface area contributed by atoms with E-state index in [1.165, 1.54) is 0 Å². The summed E-state index contributed by atoms with van der Waals surface area (Å²) in [5, 5.41) is 13.0. The maximum Gasteiger partial charge on any atom is 0.303 e. The largest absolute Gasteiger partial charge is 0.481 e. The number of aliphatic carboxylic acids is 1. The highest BCUT2D eigenvalue weighted by Gasteiger charge is 2.09. The fourth-order valence-electron chi connectivity index (χ4n) is 1.51. The maximum absolute atomic E-state index is 10.3. The summed E-state index contributed by atoms with van der Waals surface area (Å²) in [4.78, 5) is 10.3. The van der Waals surface area contributed by atoms with Crippen LogP contribution in [0.2, 0.25) is 10.0 Å². The van der Waals surface area contributed by atoms with E-state index in [0.29, 0.717) is 23.0 Å². The molecule has 0 bridgehead atoms. The first-order chi connectivity index (χ1) is 8.00. The van der Waals surface area contributed by atoms with Crippen molar-refractivity contribution in [3.05, 3.63) is 33.8 Å². The molecule has 0 aliphatic heterocycles.